The van der Waals surface area contributed by atoms with Crippen LogP contribution in [-0.2, 0) is 0 Å². The van der Waals surface area contributed by atoms with Gasteiger partial charge in [-0.2, -0.15) is 0 Å². The van der Waals surface area contributed by atoms with Crippen molar-refractivity contribution < 1.29 is 4.79 Å². The zero-order valence-electron chi connectivity index (χ0n) is 8.84. The summed E-state index contributed by atoms with van der Waals surface area (Å²) in [5.74, 6) is -0.353. The van der Waals surface area contributed by atoms with Crippen molar-refractivity contribution in [1.29, 1.82) is 0 Å². The molecule has 0 saturated heterocycles. The van der Waals surface area contributed by atoms with E-state index in [1.807, 2.05) is 0 Å². The first kappa shape index (κ1) is 13.5. The van der Waals surface area contributed by atoms with Crippen molar-refractivity contribution >= 4 is 63.4 Å². The van der Waals surface area contributed by atoms with Gasteiger partial charge in [0, 0.05) is 5.02 Å². The molecule has 3 nitrogen and oxygen atoms in total. The van der Waals surface area contributed by atoms with Crippen molar-refractivity contribution in [3.05, 3.63) is 43.5 Å². The lowest BCUT2D eigenvalue weighted by atomic mass is 10.3. The highest BCUT2D eigenvalue weighted by Gasteiger charge is 2.15. The molecular weight excluding hydrogens is 315 g/mol. The van der Waals surface area contributed by atoms with Crippen LogP contribution in [0.2, 0.25) is 15.1 Å². The SMILES string of the molecule is Nc1ccsc1C(=O)Nc1c(Cl)cc(Cl)cc1Cl. The van der Waals surface area contributed by atoms with E-state index < -0.39 is 0 Å². The van der Waals surface area contributed by atoms with Gasteiger partial charge >= 0.3 is 0 Å². The molecule has 18 heavy (non-hydrogen) atoms. The van der Waals surface area contributed by atoms with Crippen LogP contribution < -0.4 is 11.1 Å². The van der Waals surface area contributed by atoms with Crippen LogP contribution >= 0.6 is 46.1 Å². The van der Waals surface area contributed by atoms with E-state index in [0.29, 0.717) is 21.3 Å². The topological polar surface area (TPSA) is 55.1 Å². The Morgan fingerprint density at radius 2 is 1.83 bits per heavy atom. The molecule has 0 aliphatic rings. The number of rotatable bonds is 2. The zero-order valence-corrected chi connectivity index (χ0v) is 11.9. The molecule has 94 valence electrons. The maximum absolute atomic E-state index is 12.0. The predicted molar refractivity (Wildman–Crippen MR) is 78.2 cm³/mol. The average molecular weight is 322 g/mol. The van der Waals surface area contributed by atoms with Crippen LogP contribution in [0, 0.1) is 0 Å². The second-order valence-electron chi connectivity index (χ2n) is 3.40. The first-order chi connectivity index (χ1) is 8.49. The van der Waals surface area contributed by atoms with Crippen LogP contribution in [0.25, 0.3) is 0 Å². The molecule has 0 bridgehead atoms. The molecule has 0 fully saturated rings. The number of amides is 1. The number of nitrogens with one attached hydrogen (secondary N) is 1. The Morgan fingerprint density at radius 1 is 1.22 bits per heavy atom. The highest BCUT2D eigenvalue weighted by atomic mass is 35.5. The molecule has 1 amide bonds. The molecule has 2 rings (SSSR count). The van der Waals surface area contributed by atoms with Crippen LogP contribution in [0.3, 0.4) is 0 Å². The molecule has 0 atom stereocenters. The predicted octanol–water partition coefficient (Wildman–Crippen LogP) is 4.54. The third-order valence-electron chi connectivity index (χ3n) is 2.15. The van der Waals surface area contributed by atoms with Gasteiger partial charge in [0.05, 0.1) is 21.4 Å². The number of carbonyl (C=O) groups is 1. The fourth-order valence-electron chi connectivity index (χ4n) is 1.34. The summed E-state index contributed by atoms with van der Waals surface area (Å²) in [4.78, 5) is 12.4. The molecule has 2 aromatic rings. The van der Waals surface area contributed by atoms with Gasteiger partial charge in [-0.05, 0) is 23.6 Å². The summed E-state index contributed by atoms with van der Waals surface area (Å²) >= 11 is 19.0. The maximum Gasteiger partial charge on any atom is 0.267 e. The largest absolute Gasteiger partial charge is 0.397 e. The Hall–Kier alpha value is -0.940. The maximum atomic E-state index is 12.0. The number of benzene rings is 1. The molecule has 7 heteroatoms. The molecule has 1 heterocycles. The van der Waals surface area contributed by atoms with Gasteiger partial charge < -0.3 is 11.1 Å². The van der Waals surface area contributed by atoms with Crippen molar-refractivity contribution in [2.45, 2.75) is 0 Å². The third-order valence-corrected chi connectivity index (χ3v) is 3.89. The van der Waals surface area contributed by atoms with E-state index in [4.69, 9.17) is 40.5 Å². The average Bonchev–Trinajstić information content (AvgIpc) is 2.69. The van der Waals surface area contributed by atoms with Crippen LogP contribution in [0.1, 0.15) is 9.67 Å². The fourth-order valence-corrected chi connectivity index (χ4v) is 2.96. The van der Waals surface area contributed by atoms with Gasteiger partial charge in [-0.3, -0.25) is 4.79 Å². The van der Waals surface area contributed by atoms with Crippen molar-refractivity contribution in [1.82, 2.24) is 0 Å². The van der Waals surface area contributed by atoms with E-state index in [-0.39, 0.29) is 16.0 Å². The summed E-state index contributed by atoms with van der Waals surface area (Å²) in [6.07, 6.45) is 0. The quantitative estimate of drug-likeness (QED) is 0.853. The van der Waals surface area contributed by atoms with Gasteiger partial charge in [0.2, 0.25) is 0 Å². The summed E-state index contributed by atoms with van der Waals surface area (Å²) in [6.45, 7) is 0. The summed E-state index contributed by atoms with van der Waals surface area (Å²) in [7, 11) is 0. The minimum absolute atomic E-state index is 0.274. The van der Waals surface area contributed by atoms with E-state index >= 15 is 0 Å². The summed E-state index contributed by atoms with van der Waals surface area (Å²) in [6, 6.07) is 4.66. The second kappa shape index (κ2) is 5.36. The summed E-state index contributed by atoms with van der Waals surface area (Å²) < 4.78 is 0. The van der Waals surface area contributed by atoms with E-state index in [9.17, 15) is 4.79 Å². The Bertz CT molecular complexity index is 589. The third kappa shape index (κ3) is 2.72. The van der Waals surface area contributed by atoms with Gasteiger partial charge in [0.25, 0.3) is 5.91 Å². The molecule has 0 aliphatic heterocycles. The molecule has 1 aromatic heterocycles. The van der Waals surface area contributed by atoms with E-state index in [0.717, 1.165) is 0 Å². The van der Waals surface area contributed by atoms with Gasteiger partial charge in [-0.1, -0.05) is 34.8 Å². The van der Waals surface area contributed by atoms with Gasteiger partial charge in [0.1, 0.15) is 4.88 Å². The van der Waals surface area contributed by atoms with E-state index in [1.165, 1.54) is 23.5 Å². The minimum atomic E-state index is -0.353. The Labute approximate surface area is 122 Å². The molecular formula is C11H7Cl3N2OS. The molecule has 0 aliphatic carbocycles. The number of anilines is 2. The van der Waals surface area contributed by atoms with Gasteiger partial charge in [-0.15, -0.1) is 11.3 Å². The van der Waals surface area contributed by atoms with Crippen molar-refractivity contribution in [2.24, 2.45) is 0 Å². The van der Waals surface area contributed by atoms with Gasteiger partial charge in [0.15, 0.2) is 0 Å². The number of halogens is 3. The Kier molecular flexibility index (Phi) is 4.02. The van der Waals surface area contributed by atoms with Crippen LogP contribution in [0.5, 0.6) is 0 Å². The highest BCUT2D eigenvalue weighted by molar-refractivity contribution is 7.12. The molecule has 0 spiro atoms. The van der Waals surface area contributed by atoms with E-state index in [2.05, 4.69) is 5.32 Å². The standard InChI is InChI=1S/C11H7Cl3N2OS/c12-5-3-6(13)9(7(14)4-5)16-11(17)10-8(15)1-2-18-10/h1-4H,15H2,(H,16,17). The molecule has 0 saturated carbocycles. The second-order valence-corrected chi connectivity index (χ2v) is 5.57. The number of thiophene rings is 1. The number of nitrogen functional groups attached to an aromatic ring is 1. The lowest BCUT2D eigenvalue weighted by Gasteiger charge is -2.09. The van der Waals surface area contributed by atoms with Crippen molar-refractivity contribution in [2.75, 3.05) is 11.1 Å². The first-order valence-corrected chi connectivity index (χ1v) is 6.79. The number of hydrogen-bond acceptors (Lipinski definition) is 3. The molecule has 0 radical (unpaired) electrons. The minimum Gasteiger partial charge on any atom is -0.397 e. The lowest BCUT2D eigenvalue weighted by Crippen LogP contribution is -2.12. The molecule has 1 aromatic carbocycles. The fraction of sp³-hybridized carbons (Fsp3) is 0. The highest BCUT2D eigenvalue weighted by Crippen LogP contribution is 2.34. The zero-order chi connectivity index (χ0) is 13.3. The normalized spacial score (nSPS) is 10.4. The number of hydrogen-bond donors (Lipinski definition) is 2. The van der Waals surface area contributed by atoms with Crippen LogP contribution in [-0.4, -0.2) is 5.91 Å². The summed E-state index contributed by atoms with van der Waals surface area (Å²) in [5, 5.41) is 5.30. The molecule has 3 N–H and O–H groups in total. The monoisotopic (exact) mass is 320 g/mol. The van der Waals surface area contributed by atoms with E-state index in [1.54, 1.807) is 11.4 Å². The van der Waals surface area contributed by atoms with Crippen molar-refractivity contribution in [3.8, 4) is 0 Å². The summed E-state index contributed by atoms with van der Waals surface area (Å²) in [5.41, 5.74) is 6.39. The lowest BCUT2D eigenvalue weighted by molar-refractivity contribution is 0.103. The van der Waals surface area contributed by atoms with Crippen LogP contribution in [0.4, 0.5) is 11.4 Å². The number of nitrogens with two attached hydrogens (primary N) is 1. The number of carbonyl (C=O) groups excluding carboxylic acids is 1. The van der Waals surface area contributed by atoms with Crippen LogP contribution in [0.15, 0.2) is 23.6 Å². The smallest absolute Gasteiger partial charge is 0.267 e. The van der Waals surface area contributed by atoms with Gasteiger partial charge in [-0.25, -0.2) is 0 Å². The Balaban J connectivity index is 2.31. The first-order valence-electron chi connectivity index (χ1n) is 4.78. The van der Waals surface area contributed by atoms with Crippen molar-refractivity contribution in [3.63, 3.8) is 0 Å². The molecule has 0 unspecified atom stereocenters. The Morgan fingerprint density at radius 3 is 2.33 bits per heavy atom.